The van der Waals surface area contributed by atoms with E-state index < -0.39 is 23.5 Å². The van der Waals surface area contributed by atoms with Crippen molar-refractivity contribution < 1.29 is 26.3 Å². The first kappa shape index (κ1) is 22.1. The van der Waals surface area contributed by atoms with Crippen LogP contribution in [0.1, 0.15) is 47.6 Å². The fourth-order valence-electron chi connectivity index (χ4n) is 4.71. The van der Waals surface area contributed by atoms with Gasteiger partial charge in [-0.05, 0) is 61.7 Å². The number of likely N-dealkylation sites (tertiary alicyclic amines) is 2. The van der Waals surface area contributed by atoms with Crippen LogP contribution in [-0.4, -0.2) is 35.5 Å². The second kappa shape index (κ2) is 8.47. The van der Waals surface area contributed by atoms with E-state index >= 15 is 0 Å². The summed E-state index contributed by atoms with van der Waals surface area (Å²) >= 11 is 0. The fraction of sp³-hybridized carbons (Fsp3) is 0.478. The lowest BCUT2D eigenvalue weighted by molar-refractivity contribution is -0.139. The first-order chi connectivity index (χ1) is 14.6. The van der Waals surface area contributed by atoms with Gasteiger partial charge >= 0.3 is 12.4 Å². The Morgan fingerprint density at radius 2 is 1.55 bits per heavy atom. The molecule has 31 heavy (non-hydrogen) atoms. The van der Waals surface area contributed by atoms with Crippen LogP contribution in [0.15, 0.2) is 48.5 Å². The van der Waals surface area contributed by atoms with E-state index in [2.05, 4.69) is 4.90 Å². The monoisotopic (exact) mass is 442 g/mol. The van der Waals surface area contributed by atoms with Gasteiger partial charge in [0.25, 0.3) is 0 Å². The number of hydrogen-bond acceptors (Lipinski definition) is 2. The zero-order valence-corrected chi connectivity index (χ0v) is 16.9. The van der Waals surface area contributed by atoms with Crippen LogP contribution in [-0.2, 0) is 18.9 Å². The summed E-state index contributed by atoms with van der Waals surface area (Å²) < 4.78 is 80.0. The maximum absolute atomic E-state index is 13.5. The summed E-state index contributed by atoms with van der Waals surface area (Å²) in [6, 6.07) is 10.3. The van der Waals surface area contributed by atoms with E-state index in [1.807, 2.05) is 4.90 Å². The minimum Gasteiger partial charge on any atom is -0.302 e. The number of alkyl halides is 6. The summed E-state index contributed by atoms with van der Waals surface area (Å²) in [5.41, 5.74) is -0.775. The molecule has 2 aliphatic heterocycles. The molecule has 2 unspecified atom stereocenters. The van der Waals surface area contributed by atoms with Crippen molar-refractivity contribution in [1.82, 2.24) is 9.80 Å². The highest BCUT2D eigenvalue weighted by Gasteiger charge is 2.42. The average molecular weight is 442 g/mol. The lowest BCUT2D eigenvalue weighted by Crippen LogP contribution is -2.54. The Bertz CT molecular complexity index is 901. The van der Waals surface area contributed by atoms with Crippen LogP contribution >= 0.6 is 0 Å². The van der Waals surface area contributed by atoms with Crippen LogP contribution < -0.4 is 0 Å². The van der Waals surface area contributed by atoms with E-state index in [1.165, 1.54) is 18.2 Å². The van der Waals surface area contributed by atoms with E-state index in [9.17, 15) is 26.3 Å². The Morgan fingerprint density at radius 3 is 2.23 bits per heavy atom. The van der Waals surface area contributed by atoms with Crippen molar-refractivity contribution in [3.05, 3.63) is 70.8 Å². The van der Waals surface area contributed by atoms with Crippen LogP contribution in [0, 0.1) is 0 Å². The van der Waals surface area contributed by atoms with Gasteiger partial charge in [0.1, 0.15) is 0 Å². The third kappa shape index (κ3) is 4.90. The van der Waals surface area contributed by atoms with Gasteiger partial charge in [-0.1, -0.05) is 30.3 Å². The Labute approximate surface area is 177 Å². The minimum absolute atomic E-state index is 0.0129. The summed E-state index contributed by atoms with van der Waals surface area (Å²) in [6.45, 7) is 2.69. The molecule has 0 spiro atoms. The number of rotatable bonds is 5. The molecule has 8 heteroatoms. The van der Waals surface area contributed by atoms with Crippen LogP contribution in [0.2, 0.25) is 0 Å². The van der Waals surface area contributed by atoms with Crippen molar-refractivity contribution in [2.75, 3.05) is 19.6 Å². The molecular weight excluding hydrogens is 418 g/mol. The van der Waals surface area contributed by atoms with Crippen LogP contribution in [0.25, 0.3) is 0 Å². The topological polar surface area (TPSA) is 6.48 Å². The maximum atomic E-state index is 13.5. The molecule has 0 aromatic heterocycles. The fourth-order valence-corrected chi connectivity index (χ4v) is 4.71. The molecule has 4 rings (SSSR count). The molecule has 2 heterocycles. The largest absolute Gasteiger partial charge is 0.416 e. The lowest BCUT2D eigenvalue weighted by Gasteiger charge is -2.50. The van der Waals surface area contributed by atoms with E-state index in [-0.39, 0.29) is 24.2 Å². The van der Waals surface area contributed by atoms with Gasteiger partial charge in [-0.3, -0.25) is 4.90 Å². The van der Waals surface area contributed by atoms with Crippen LogP contribution in [0.4, 0.5) is 26.3 Å². The highest BCUT2D eigenvalue weighted by atomic mass is 19.4. The van der Waals surface area contributed by atoms with Crippen LogP contribution in [0.5, 0.6) is 0 Å². The maximum Gasteiger partial charge on any atom is 0.416 e. The van der Waals surface area contributed by atoms with E-state index in [0.717, 1.165) is 50.7 Å². The van der Waals surface area contributed by atoms with Crippen LogP contribution in [0.3, 0.4) is 0 Å². The summed E-state index contributed by atoms with van der Waals surface area (Å²) in [5.74, 6) is 0. The highest BCUT2D eigenvalue weighted by molar-refractivity contribution is 5.33. The third-order valence-corrected chi connectivity index (χ3v) is 6.31. The van der Waals surface area contributed by atoms with Gasteiger partial charge in [-0.2, -0.15) is 26.3 Å². The Kier molecular flexibility index (Phi) is 6.05. The third-order valence-electron chi connectivity index (χ3n) is 6.31. The van der Waals surface area contributed by atoms with Gasteiger partial charge in [0, 0.05) is 25.2 Å². The van der Waals surface area contributed by atoms with Crippen molar-refractivity contribution in [2.24, 2.45) is 0 Å². The van der Waals surface area contributed by atoms with E-state index in [0.29, 0.717) is 12.0 Å². The number of nitrogens with zero attached hydrogens (tertiary/aromatic N) is 2. The van der Waals surface area contributed by atoms with Gasteiger partial charge < -0.3 is 4.90 Å². The number of halogens is 6. The van der Waals surface area contributed by atoms with Gasteiger partial charge in [0.2, 0.25) is 0 Å². The second-order valence-corrected chi connectivity index (χ2v) is 8.36. The summed E-state index contributed by atoms with van der Waals surface area (Å²) in [4.78, 5) is 4.22. The number of benzene rings is 2. The molecule has 2 saturated heterocycles. The SMILES string of the molecule is FC(F)(F)c1cccc(C2CC(CN3CCCC3)N2Cc2ccccc2C(F)(F)F)c1. The normalized spacial score (nSPS) is 23.2. The van der Waals surface area contributed by atoms with Gasteiger partial charge in [-0.15, -0.1) is 0 Å². The van der Waals surface area contributed by atoms with Crippen molar-refractivity contribution in [3.8, 4) is 0 Å². The quantitative estimate of drug-likeness (QED) is 0.514. The van der Waals surface area contributed by atoms with Gasteiger partial charge in [0.15, 0.2) is 0 Å². The van der Waals surface area contributed by atoms with Crippen molar-refractivity contribution in [3.63, 3.8) is 0 Å². The predicted octanol–water partition coefficient (Wildman–Crippen LogP) is 6.14. The smallest absolute Gasteiger partial charge is 0.302 e. The molecule has 168 valence electrons. The number of hydrogen-bond donors (Lipinski definition) is 0. The molecule has 0 saturated carbocycles. The second-order valence-electron chi connectivity index (χ2n) is 8.36. The molecule has 2 aliphatic rings. The lowest BCUT2D eigenvalue weighted by atomic mass is 9.85. The van der Waals surface area contributed by atoms with Gasteiger partial charge in [0.05, 0.1) is 11.1 Å². The zero-order chi connectivity index (χ0) is 22.2. The standard InChI is InChI=1S/C23H24F6N2/c24-22(25,26)18-8-5-7-16(12-18)21-13-19(15-30-10-3-4-11-30)31(21)14-17-6-1-2-9-20(17)23(27,28)29/h1-2,5-9,12,19,21H,3-4,10-11,13-15H2. The van der Waals surface area contributed by atoms with Crippen molar-refractivity contribution in [2.45, 2.75) is 50.2 Å². The molecule has 0 N–H and O–H groups in total. The first-order valence-corrected chi connectivity index (χ1v) is 10.4. The molecule has 2 nitrogen and oxygen atoms in total. The Balaban J connectivity index is 1.61. The molecular formula is C23H24F6N2. The summed E-state index contributed by atoms with van der Waals surface area (Å²) in [5, 5.41) is 0. The molecule has 0 bridgehead atoms. The van der Waals surface area contributed by atoms with E-state index in [1.54, 1.807) is 12.1 Å². The Morgan fingerprint density at radius 1 is 0.839 bits per heavy atom. The predicted molar refractivity (Wildman–Crippen MR) is 105 cm³/mol. The summed E-state index contributed by atoms with van der Waals surface area (Å²) in [7, 11) is 0. The van der Waals surface area contributed by atoms with Crippen molar-refractivity contribution >= 4 is 0 Å². The molecule has 2 atom stereocenters. The first-order valence-electron chi connectivity index (χ1n) is 10.4. The Hall–Kier alpha value is -2.06. The molecule has 2 aromatic rings. The zero-order valence-electron chi connectivity index (χ0n) is 16.9. The molecule has 2 fully saturated rings. The minimum atomic E-state index is -4.47. The van der Waals surface area contributed by atoms with E-state index in [4.69, 9.17) is 0 Å². The average Bonchev–Trinajstić information content (AvgIpc) is 3.21. The molecule has 0 aliphatic carbocycles. The highest BCUT2D eigenvalue weighted by Crippen LogP contribution is 2.43. The van der Waals surface area contributed by atoms with Crippen molar-refractivity contribution in [1.29, 1.82) is 0 Å². The summed E-state index contributed by atoms with van der Waals surface area (Å²) in [6.07, 6.45) is -6.10. The molecule has 2 aromatic carbocycles. The molecule has 0 radical (unpaired) electrons. The van der Waals surface area contributed by atoms with Gasteiger partial charge in [-0.25, -0.2) is 0 Å². The molecule has 0 amide bonds.